The molecule has 1 saturated heterocycles. The summed E-state index contributed by atoms with van der Waals surface area (Å²) in [4.78, 5) is 14.2. The van der Waals surface area contributed by atoms with E-state index >= 15 is 0 Å². The molecule has 1 atom stereocenters. The van der Waals surface area contributed by atoms with Gasteiger partial charge in [0.1, 0.15) is 12.4 Å². The van der Waals surface area contributed by atoms with Gasteiger partial charge in [0.05, 0.1) is 18.8 Å². The number of carbonyl (C=O) groups is 1. The van der Waals surface area contributed by atoms with Crippen LogP contribution < -0.4 is 10.1 Å². The molecule has 1 fully saturated rings. The van der Waals surface area contributed by atoms with Crippen molar-refractivity contribution in [1.29, 1.82) is 0 Å². The molecule has 1 amide bonds. The molecule has 1 N–H and O–H groups in total. The van der Waals surface area contributed by atoms with E-state index in [9.17, 15) is 4.79 Å². The SMILES string of the molecule is CN1CCC[C@@H]1C(=O)NCCOc1cccc(-c2cnn(C)c2)c1. The van der Waals surface area contributed by atoms with Crippen LogP contribution in [-0.2, 0) is 11.8 Å². The smallest absolute Gasteiger partial charge is 0.237 e. The van der Waals surface area contributed by atoms with Crippen LogP contribution in [0.5, 0.6) is 5.75 Å². The number of hydrogen-bond acceptors (Lipinski definition) is 4. The fourth-order valence-corrected chi connectivity index (χ4v) is 3.04. The third-order valence-corrected chi connectivity index (χ3v) is 4.37. The molecule has 1 aliphatic heterocycles. The van der Waals surface area contributed by atoms with Gasteiger partial charge in [-0.25, -0.2) is 0 Å². The molecule has 0 spiro atoms. The van der Waals surface area contributed by atoms with Gasteiger partial charge in [0, 0.05) is 18.8 Å². The van der Waals surface area contributed by atoms with Crippen LogP contribution in [0.4, 0.5) is 0 Å². The molecule has 3 rings (SSSR count). The van der Waals surface area contributed by atoms with Crippen LogP contribution in [0, 0.1) is 0 Å². The summed E-state index contributed by atoms with van der Waals surface area (Å²) in [5.41, 5.74) is 2.12. The van der Waals surface area contributed by atoms with Crippen molar-refractivity contribution in [3.63, 3.8) is 0 Å². The number of carbonyl (C=O) groups excluding carboxylic acids is 1. The number of nitrogens with zero attached hydrogens (tertiary/aromatic N) is 3. The minimum absolute atomic E-state index is 0.0129. The van der Waals surface area contributed by atoms with Crippen LogP contribution >= 0.6 is 0 Å². The highest BCUT2D eigenvalue weighted by Crippen LogP contribution is 2.23. The van der Waals surface area contributed by atoms with E-state index in [-0.39, 0.29) is 11.9 Å². The summed E-state index contributed by atoms with van der Waals surface area (Å²) < 4.78 is 7.54. The van der Waals surface area contributed by atoms with Crippen molar-refractivity contribution in [3.8, 4) is 16.9 Å². The molecule has 1 aromatic carbocycles. The number of nitrogens with one attached hydrogen (secondary N) is 1. The molecule has 0 radical (unpaired) electrons. The highest BCUT2D eigenvalue weighted by Gasteiger charge is 2.27. The lowest BCUT2D eigenvalue weighted by atomic mass is 10.1. The maximum Gasteiger partial charge on any atom is 0.237 e. The molecule has 1 aliphatic rings. The Kier molecular flexibility index (Phi) is 5.15. The van der Waals surface area contributed by atoms with E-state index in [1.54, 1.807) is 4.68 Å². The summed E-state index contributed by atoms with van der Waals surface area (Å²) in [6, 6.07) is 7.92. The van der Waals surface area contributed by atoms with Crippen LogP contribution in [0.1, 0.15) is 12.8 Å². The van der Waals surface area contributed by atoms with Gasteiger partial charge in [-0.2, -0.15) is 5.10 Å². The summed E-state index contributed by atoms with van der Waals surface area (Å²) in [7, 11) is 3.89. The Balaban J connectivity index is 1.48. The first-order valence-electron chi connectivity index (χ1n) is 8.33. The number of aromatic nitrogens is 2. The van der Waals surface area contributed by atoms with Crippen LogP contribution in [0.2, 0.25) is 0 Å². The van der Waals surface area contributed by atoms with Crippen LogP contribution in [0.25, 0.3) is 11.1 Å². The first kappa shape index (κ1) is 16.5. The number of amides is 1. The molecule has 0 unspecified atom stereocenters. The summed E-state index contributed by atoms with van der Waals surface area (Å²) >= 11 is 0. The van der Waals surface area contributed by atoms with Crippen molar-refractivity contribution in [1.82, 2.24) is 20.0 Å². The lowest BCUT2D eigenvalue weighted by molar-refractivity contribution is -0.125. The van der Waals surface area contributed by atoms with Gasteiger partial charge in [0.15, 0.2) is 0 Å². The summed E-state index contributed by atoms with van der Waals surface area (Å²) in [6.45, 7) is 1.97. The predicted molar refractivity (Wildman–Crippen MR) is 92.8 cm³/mol. The number of likely N-dealkylation sites (tertiary alicyclic amines) is 1. The number of hydrogen-bond donors (Lipinski definition) is 1. The Labute approximate surface area is 142 Å². The van der Waals surface area contributed by atoms with Crippen LogP contribution in [0.3, 0.4) is 0 Å². The van der Waals surface area contributed by atoms with Crippen LogP contribution in [-0.4, -0.2) is 53.4 Å². The molecule has 6 nitrogen and oxygen atoms in total. The third kappa shape index (κ3) is 3.94. The van der Waals surface area contributed by atoms with E-state index in [2.05, 4.69) is 15.3 Å². The molecule has 128 valence electrons. The van der Waals surface area contributed by atoms with E-state index < -0.39 is 0 Å². The largest absolute Gasteiger partial charge is 0.492 e. The number of benzene rings is 1. The van der Waals surface area contributed by atoms with E-state index in [1.165, 1.54) is 0 Å². The molecule has 0 aliphatic carbocycles. The molecule has 2 heterocycles. The minimum Gasteiger partial charge on any atom is -0.492 e. The summed E-state index contributed by atoms with van der Waals surface area (Å²) in [5, 5.41) is 7.14. The van der Waals surface area contributed by atoms with Gasteiger partial charge in [-0.3, -0.25) is 14.4 Å². The van der Waals surface area contributed by atoms with Gasteiger partial charge in [0.25, 0.3) is 0 Å². The quantitative estimate of drug-likeness (QED) is 0.820. The van der Waals surface area contributed by atoms with Crippen molar-refractivity contribution in [2.75, 3.05) is 26.7 Å². The number of ether oxygens (including phenoxy) is 1. The van der Waals surface area contributed by atoms with E-state index in [1.807, 2.05) is 50.8 Å². The van der Waals surface area contributed by atoms with Crippen molar-refractivity contribution >= 4 is 5.91 Å². The third-order valence-electron chi connectivity index (χ3n) is 4.37. The zero-order chi connectivity index (χ0) is 16.9. The maximum absolute atomic E-state index is 12.1. The van der Waals surface area contributed by atoms with Crippen molar-refractivity contribution in [3.05, 3.63) is 36.7 Å². The minimum atomic E-state index is 0.0129. The van der Waals surface area contributed by atoms with Crippen molar-refractivity contribution < 1.29 is 9.53 Å². The van der Waals surface area contributed by atoms with Gasteiger partial charge in [-0.05, 0) is 44.1 Å². The van der Waals surface area contributed by atoms with Crippen molar-refractivity contribution in [2.24, 2.45) is 7.05 Å². The van der Waals surface area contributed by atoms with Crippen LogP contribution in [0.15, 0.2) is 36.7 Å². The molecule has 0 bridgehead atoms. The highest BCUT2D eigenvalue weighted by molar-refractivity contribution is 5.81. The van der Waals surface area contributed by atoms with Crippen molar-refractivity contribution in [2.45, 2.75) is 18.9 Å². The Bertz CT molecular complexity index is 698. The summed E-state index contributed by atoms with van der Waals surface area (Å²) in [6.07, 6.45) is 5.83. The van der Waals surface area contributed by atoms with E-state index in [4.69, 9.17) is 4.74 Å². The highest BCUT2D eigenvalue weighted by atomic mass is 16.5. The molecule has 0 saturated carbocycles. The van der Waals surface area contributed by atoms with Gasteiger partial charge < -0.3 is 10.1 Å². The second-order valence-corrected chi connectivity index (χ2v) is 6.21. The molecular weight excluding hydrogens is 304 g/mol. The second-order valence-electron chi connectivity index (χ2n) is 6.21. The zero-order valence-electron chi connectivity index (χ0n) is 14.2. The standard InChI is InChI=1S/C18H24N4O2/c1-21-9-4-7-17(21)18(23)19-8-10-24-16-6-3-5-14(11-16)15-12-20-22(2)13-15/h3,5-6,11-13,17H,4,7-10H2,1-2H3,(H,19,23)/t17-/m1/s1. The fraction of sp³-hybridized carbons (Fsp3) is 0.444. The normalized spacial score (nSPS) is 17.8. The molecule has 2 aromatic rings. The maximum atomic E-state index is 12.1. The summed E-state index contributed by atoms with van der Waals surface area (Å²) in [5.74, 6) is 0.895. The zero-order valence-corrected chi connectivity index (χ0v) is 14.2. The number of likely N-dealkylation sites (N-methyl/N-ethyl adjacent to an activating group) is 1. The lowest BCUT2D eigenvalue weighted by Crippen LogP contribution is -2.42. The van der Waals surface area contributed by atoms with E-state index in [0.717, 1.165) is 36.3 Å². The Hall–Kier alpha value is -2.34. The molecular formula is C18H24N4O2. The average Bonchev–Trinajstić information content (AvgIpc) is 3.20. The van der Waals surface area contributed by atoms with E-state index in [0.29, 0.717) is 13.2 Å². The Morgan fingerprint density at radius 1 is 1.38 bits per heavy atom. The second kappa shape index (κ2) is 7.49. The fourth-order valence-electron chi connectivity index (χ4n) is 3.04. The molecule has 6 heteroatoms. The monoisotopic (exact) mass is 328 g/mol. The predicted octanol–water partition coefficient (Wildman–Crippen LogP) is 1.68. The first-order valence-corrected chi connectivity index (χ1v) is 8.33. The topological polar surface area (TPSA) is 59.4 Å². The van der Waals surface area contributed by atoms with Gasteiger partial charge in [-0.1, -0.05) is 12.1 Å². The Morgan fingerprint density at radius 2 is 2.25 bits per heavy atom. The van der Waals surface area contributed by atoms with Gasteiger partial charge >= 0.3 is 0 Å². The number of rotatable bonds is 6. The average molecular weight is 328 g/mol. The molecule has 1 aromatic heterocycles. The first-order chi connectivity index (χ1) is 11.6. The lowest BCUT2D eigenvalue weighted by Gasteiger charge is -2.18. The molecule has 24 heavy (non-hydrogen) atoms. The van der Waals surface area contributed by atoms with Gasteiger partial charge in [-0.15, -0.1) is 0 Å². The Morgan fingerprint density at radius 3 is 2.96 bits per heavy atom. The number of aryl methyl sites for hydroxylation is 1. The van der Waals surface area contributed by atoms with Gasteiger partial charge in [0.2, 0.25) is 5.91 Å².